The number of hydrogen-bond acceptors (Lipinski definition) is 3. The van der Waals surface area contributed by atoms with Gasteiger partial charge in [0, 0.05) is 13.2 Å². The molecule has 1 aliphatic heterocycles. The summed E-state index contributed by atoms with van der Waals surface area (Å²) >= 11 is 0. The summed E-state index contributed by atoms with van der Waals surface area (Å²) in [4.78, 5) is 2.41. The van der Waals surface area contributed by atoms with Crippen LogP contribution in [0.5, 0.6) is 5.75 Å². The summed E-state index contributed by atoms with van der Waals surface area (Å²) in [5.74, 6) is 0.993. The largest absolute Gasteiger partial charge is 0.489 e. The van der Waals surface area contributed by atoms with Gasteiger partial charge in [0.2, 0.25) is 0 Å². The molecule has 0 radical (unpaired) electrons. The van der Waals surface area contributed by atoms with Crippen LogP contribution in [0.1, 0.15) is 26.2 Å². The lowest BCUT2D eigenvalue weighted by Crippen LogP contribution is -2.41. The van der Waals surface area contributed by atoms with E-state index in [2.05, 4.69) is 24.0 Å². The topological polar surface area (TPSA) is 32.7 Å². The average molecular weight is 235 g/mol. The fraction of sp³-hybridized carbons (Fsp3) is 0.571. The fourth-order valence-electron chi connectivity index (χ4n) is 2.27. The predicted molar refractivity (Wildman–Crippen MR) is 69.7 cm³/mol. The maximum absolute atomic E-state index is 8.78. The third kappa shape index (κ3) is 2.91. The number of aliphatic hydroxyl groups excluding tert-OH is 1. The molecule has 0 spiro atoms. The Balaban J connectivity index is 2.00. The molecule has 17 heavy (non-hydrogen) atoms. The van der Waals surface area contributed by atoms with E-state index in [1.54, 1.807) is 0 Å². The maximum atomic E-state index is 8.78. The molecule has 0 amide bonds. The van der Waals surface area contributed by atoms with Gasteiger partial charge in [0.05, 0.1) is 11.7 Å². The monoisotopic (exact) mass is 235 g/mol. The summed E-state index contributed by atoms with van der Waals surface area (Å²) in [5.41, 5.74) is 1.20. The number of nitrogens with zero attached hydrogens (tertiary/aromatic N) is 1. The Labute approximate surface area is 103 Å². The maximum Gasteiger partial charge on any atom is 0.142 e. The minimum absolute atomic E-state index is 0.301. The Morgan fingerprint density at radius 3 is 2.94 bits per heavy atom. The highest BCUT2D eigenvalue weighted by Crippen LogP contribution is 2.33. The van der Waals surface area contributed by atoms with Crippen LogP contribution in [0.25, 0.3) is 0 Å². The van der Waals surface area contributed by atoms with E-state index < -0.39 is 0 Å². The lowest BCUT2D eigenvalue weighted by Gasteiger charge is -2.36. The van der Waals surface area contributed by atoms with Crippen LogP contribution in [-0.2, 0) is 0 Å². The molecule has 1 unspecified atom stereocenters. The summed E-state index contributed by atoms with van der Waals surface area (Å²) in [6.45, 7) is 4.30. The molecule has 1 aromatic rings. The molecule has 0 saturated heterocycles. The zero-order chi connectivity index (χ0) is 12.1. The van der Waals surface area contributed by atoms with E-state index >= 15 is 0 Å². The van der Waals surface area contributed by atoms with E-state index in [9.17, 15) is 0 Å². The van der Waals surface area contributed by atoms with Gasteiger partial charge < -0.3 is 14.7 Å². The van der Waals surface area contributed by atoms with Crippen molar-refractivity contribution in [2.24, 2.45) is 0 Å². The van der Waals surface area contributed by atoms with Gasteiger partial charge in [-0.15, -0.1) is 0 Å². The Morgan fingerprint density at radius 1 is 1.29 bits per heavy atom. The molecular weight excluding hydrogens is 214 g/mol. The average Bonchev–Trinajstić information content (AvgIpc) is 2.37. The van der Waals surface area contributed by atoms with Gasteiger partial charge in [-0.3, -0.25) is 0 Å². The second-order valence-corrected chi connectivity index (χ2v) is 4.61. The molecule has 3 heteroatoms. The third-order valence-electron chi connectivity index (χ3n) is 3.24. The Bertz CT molecular complexity index is 354. The van der Waals surface area contributed by atoms with Gasteiger partial charge in [-0.1, -0.05) is 12.1 Å². The molecule has 0 aromatic heterocycles. The second-order valence-electron chi connectivity index (χ2n) is 4.61. The number of benzene rings is 1. The number of rotatable bonds is 5. The minimum Gasteiger partial charge on any atom is -0.489 e. The number of aliphatic hydroxyl groups is 1. The van der Waals surface area contributed by atoms with Gasteiger partial charge in [-0.05, 0) is 38.3 Å². The first-order chi connectivity index (χ1) is 8.33. The summed E-state index contributed by atoms with van der Waals surface area (Å²) in [6, 6.07) is 8.65. The van der Waals surface area contributed by atoms with Crippen LogP contribution in [0.3, 0.4) is 0 Å². The molecule has 0 saturated carbocycles. The lowest BCUT2D eigenvalue weighted by molar-refractivity contribution is 0.266. The van der Waals surface area contributed by atoms with Crippen molar-refractivity contribution in [3.63, 3.8) is 0 Å². The van der Waals surface area contributed by atoms with Crippen molar-refractivity contribution in [1.82, 2.24) is 0 Å². The molecule has 0 fully saturated rings. The standard InChI is InChI=1S/C14H21NO2/c1-12-11-17-14-8-4-3-7-13(14)15(12)9-5-2-6-10-16/h3-4,7-8,12,16H,2,5-6,9-11H2,1H3. The fourth-order valence-corrected chi connectivity index (χ4v) is 2.27. The highest BCUT2D eigenvalue weighted by atomic mass is 16.5. The van der Waals surface area contributed by atoms with E-state index in [0.717, 1.165) is 38.2 Å². The number of para-hydroxylation sites is 2. The van der Waals surface area contributed by atoms with Gasteiger partial charge in [0.1, 0.15) is 12.4 Å². The van der Waals surface area contributed by atoms with E-state index in [0.29, 0.717) is 12.6 Å². The van der Waals surface area contributed by atoms with Crippen molar-refractivity contribution in [2.75, 3.05) is 24.7 Å². The molecular formula is C14H21NO2. The number of fused-ring (bicyclic) bond motifs is 1. The van der Waals surface area contributed by atoms with Crippen molar-refractivity contribution in [3.8, 4) is 5.75 Å². The minimum atomic E-state index is 0.301. The van der Waals surface area contributed by atoms with E-state index in [1.807, 2.05) is 12.1 Å². The first kappa shape index (κ1) is 12.2. The van der Waals surface area contributed by atoms with Gasteiger partial charge in [-0.2, -0.15) is 0 Å². The van der Waals surface area contributed by atoms with Crippen LogP contribution in [0, 0.1) is 0 Å². The molecule has 0 bridgehead atoms. The second kappa shape index (κ2) is 5.92. The van der Waals surface area contributed by atoms with Gasteiger partial charge in [0.25, 0.3) is 0 Å². The van der Waals surface area contributed by atoms with E-state index in [4.69, 9.17) is 9.84 Å². The van der Waals surface area contributed by atoms with Crippen molar-refractivity contribution in [2.45, 2.75) is 32.2 Å². The first-order valence-corrected chi connectivity index (χ1v) is 6.42. The molecule has 3 nitrogen and oxygen atoms in total. The van der Waals surface area contributed by atoms with Crippen LogP contribution in [0.4, 0.5) is 5.69 Å². The van der Waals surface area contributed by atoms with Crippen molar-refractivity contribution < 1.29 is 9.84 Å². The molecule has 1 heterocycles. The normalized spacial score (nSPS) is 18.7. The summed E-state index contributed by atoms with van der Waals surface area (Å²) < 4.78 is 5.71. The molecule has 2 rings (SSSR count). The Morgan fingerprint density at radius 2 is 2.12 bits per heavy atom. The van der Waals surface area contributed by atoms with Gasteiger partial charge >= 0.3 is 0 Å². The number of hydrogen-bond donors (Lipinski definition) is 1. The van der Waals surface area contributed by atoms with E-state index in [-0.39, 0.29) is 0 Å². The van der Waals surface area contributed by atoms with Crippen molar-refractivity contribution in [1.29, 1.82) is 0 Å². The number of anilines is 1. The third-order valence-corrected chi connectivity index (χ3v) is 3.24. The van der Waals surface area contributed by atoms with Crippen LogP contribution >= 0.6 is 0 Å². The smallest absolute Gasteiger partial charge is 0.142 e. The van der Waals surface area contributed by atoms with Gasteiger partial charge in [0.15, 0.2) is 0 Å². The number of unbranched alkanes of at least 4 members (excludes halogenated alkanes) is 2. The van der Waals surface area contributed by atoms with Crippen LogP contribution in [0.15, 0.2) is 24.3 Å². The van der Waals surface area contributed by atoms with Crippen molar-refractivity contribution in [3.05, 3.63) is 24.3 Å². The molecule has 1 atom stereocenters. The summed E-state index contributed by atoms with van der Waals surface area (Å²) in [7, 11) is 0. The van der Waals surface area contributed by atoms with Crippen LogP contribution < -0.4 is 9.64 Å². The summed E-state index contributed by atoms with van der Waals surface area (Å²) in [6.07, 6.45) is 3.11. The SMILES string of the molecule is CC1COc2ccccc2N1CCCCCO. The summed E-state index contributed by atoms with van der Waals surface area (Å²) in [5, 5.41) is 8.78. The molecule has 0 aliphatic carbocycles. The molecule has 1 aromatic carbocycles. The van der Waals surface area contributed by atoms with E-state index in [1.165, 1.54) is 5.69 Å². The number of ether oxygens (including phenoxy) is 1. The van der Waals surface area contributed by atoms with Gasteiger partial charge in [-0.25, -0.2) is 0 Å². The molecule has 1 aliphatic rings. The highest BCUT2D eigenvalue weighted by Gasteiger charge is 2.22. The quantitative estimate of drug-likeness (QED) is 0.796. The first-order valence-electron chi connectivity index (χ1n) is 6.42. The zero-order valence-corrected chi connectivity index (χ0v) is 10.4. The lowest BCUT2D eigenvalue weighted by atomic mass is 10.1. The molecule has 94 valence electrons. The Hall–Kier alpha value is -1.22. The van der Waals surface area contributed by atoms with Crippen LogP contribution in [-0.4, -0.2) is 30.9 Å². The van der Waals surface area contributed by atoms with Crippen molar-refractivity contribution >= 4 is 5.69 Å². The van der Waals surface area contributed by atoms with Crippen LogP contribution in [0.2, 0.25) is 0 Å². The Kier molecular flexibility index (Phi) is 4.26. The molecule has 1 N–H and O–H groups in total. The predicted octanol–water partition coefficient (Wildman–Crippen LogP) is 2.44. The zero-order valence-electron chi connectivity index (χ0n) is 10.4. The highest BCUT2D eigenvalue weighted by molar-refractivity contribution is 5.60.